The molecule has 2 heteroatoms. The lowest BCUT2D eigenvalue weighted by atomic mass is 10.0. The fraction of sp³-hybridized carbons (Fsp3) is 0.429. The van der Waals surface area contributed by atoms with E-state index < -0.39 is 0 Å². The molecule has 0 aliphatic heterocycles. The lowest BCUT2D eigenvalue weighted by Crippen LogP contribution is -2.21. The number of ether oxygens (including phenoxy) is 1. The van der Waals surface area contributed by atoms with Crippen LogP contribution in [0.2, 0.25) is 0 Å². The molecule has 0 aliphatic rings. The molecule has 2 nitrogen and oxygen atoms in total. The Morgan fingerprint density at radius 3 is 2.50 bits per heavy atom. The summed E-state index contributed by atoms with van der Waals surface area (Å²) in [4.78, 5) is 0. The van der Waals surface area contributed by atoms with Crippen LogP contribution in [0.5, 0.6) is 5.75 Å². The maximum Gasteiger partial charge on any atom is 0.119 e. The molecule has 0 fully saturated rings. The van der Waals surface area contributed by atoms with Gasteiger partial charge in [-0.2, -0.15) is 0 Å². The molecule has 0 spiro atoms. The zero-order valence-corrected chi connectivity index (χ0v) is 10.2. The maximum atomic E-state index is 5.90. The molecule has 1 aromatic rings. The minimum atomic E-state index is 0.252. The van der Waals surface area contributed by atoms with Gasteiger partial charge in [0, 0.05) is 6.04 Å². The second-order valence-electron chi connectivity index (χ2n) is 4.26. The van der Waals surface area contributed by atoms with E-state index in [1.807, 2.05) is 19.1 Å². The first-order chi connectivity index (χ1) is 7.61. The molecule has 0 saturated carbocycles. The number of benzene rings is 1. The lowest BCUT2D eigenvalue weighted by molar-refractivity contribution is 0.352. The van der Waals surface area contributed by atoms with Gasteiger partial charge in [0.15, 0.2) is 0 Å². The molecule has 2 N–H and O–H groups in total. The molecule has 1 unspecified atom stereocenters. The van der Waals surface area contributed by atoms with Gasteiger partial charge in [-0.3, -0.25) is 0 Å². The summed E-state index contributed by atoms with van der Waals surface area (Å²) in [6.45, 7) is 8.43. The van der Waals surface area contributed by atoms with E-state index in [0.29, 0.717) is 6.61 Å². The van der Waals surface area contributed by atoms with Gasteiger partial charge in [-0.05, 0) is 43.0 Å². The van der Waals surface area contributed by atoms with E-state index in [4.69, 9.17) is 10.5 Å². The molecule has 0 radical (unpaired) electrons. The van der Waals surface area contributed by atoms with Crippen LogP contribution in [-0.4, -0.2) is 12.6 Å². The number of hydrogen-bond acceptors (Lipinski definition) is 2. The average molecular weight is 219 g/mol. The van der Waals surface area contributed by atoms with Crippen molar-refractivity contribution in [3.05, 3.63) is 42.0 Å². The minimum absolute atomic E-state index is 0.252. The van der Waals surface area contributed by atoms with Gasteiger partial charge >= 0.3 is 0 Å². The van der Waals surface area contributed by atoms with Crippen LogP contribution in [0.1, 0.15) is 25.8 Å². The summed E-state index contributed by atoms with van der Waals surface area (Å²) in [5.74, 6) is 0.886. The van der Waals surface area contributed by atoms with E-state index in [-0.39, 0.29) is 6.04 Å². The molecular weight excluding hydrogens is 198 g/mol. The topological polar surface area (TPSA) is 35.2 Å². The third-order valence-corrected chi connectivity index (χ3v) is 2.43. The van der Waals surface area contributed by atoms with Crippen LogP contribution in [0.3, 0.4) is 0 Å². The number of hydrogen-bond donors (Lipinski definition) is 1. The van der Waals surface area contributed by atoms with Crippen molar-refractivity contribution in [3.8, 4) is 5.75 Å². The van der Waals surface area contributed by atoms with Gasteiger partial charge in [0.05, 0.1) is 0 Å². The SMILES string of the molecule is C=C(C)COc1ccc(CC(N)CC)cc1. The van der Waals surface area contributed by atoms with Crippen molar-refractivity contribution in [2.75, 3.05) is 6.61 Å². The largest absolute Gasteiger partial charge is 0.489 e. The summed E-state index contributed by atoms with van der Waals surface area (Å²) in [5, 5.41) is 0. The van der Waals surface area contributed by atoms with Crippen molar-refractivity contribution in [1.29, 1.82) is 0 Å². The van der Waals surface area contributed by atoms with Crippen molar-refractivity contribution in [2.45, 2.75) is 32.7 Å². The van der Waals surface area contributed by atoms with E-state index in [9.17, 15) is 0 Å². The standard InChI is InChI=1S/C14H21NO/c1-4-13(15)9-12-5-7-14(8-6-12)16-10-11(2)3/h5-8,13H,2,4,9-10,15H2,1,3H3. The normalized spacial score (nSPS) is 12.2. The minimum Gasteiger partial charge on any atom is -0.489 e. The summed E-state index contributed by atoms with van der Waals surface area (Å²) in [6.07, 6.45) is 1.94. The van der Waals surface area contributed by atoms with Gasteiger partial charge in [0.2, 0.25) is 0 Å². The molecule has 1 rings (SSSR count). The molecule has 1 aromatic carbocycles. The second kappa shape index (κ2) is 6.33. The Balaban J connectivity index is 2.50. The molecule has 0 amide bonds. The molecule has 16 heavy (non-hydrogen) atoms. The Hall–Kier alpha value is -1.28. The molecular formula is C14H21NO. The van der Waals surface area contributed by atoms with Crippen LogP contribution in [0.25, 0.3) is 0 Å². The van der Waals surface area contributed by atoms with Crippen molar-refractivity contribution in [1.82, 2.24) is 0 Å². The molecule has 1 atom stereocenters. The zero-order chi connectivity index (χ0) is 12.0. The van der Waals surface area contributed by atoms with Crippen LogP contribution in [0.4, 0.5) is 0 Å². The quantitative estimate of drug-likeness (QED) is 0.747. The Labute approximate surface area is 98.1 Å². The summed E-state index contributed by atoms with van der Waals surface area (Å²) in [6, 6.07) is 8.37. The third-order valence-electron chi connectivity index (χ3n) is 2.43. The molecule has 88 valence electrons. The summed E-state index contributed by atoms with van der Waals surface area (Å²) >= 11 is 0. The van der Waals surface area contributed by atoms with Gasteiger partial charge in [-0.15, -0.1) is 0 Å². The molecule has 0 bridgehead atoms. The molecule has 0 heterocycles. The molecule has 0 saturated heterocycles. The highest BCUT2D eigenvalue weighted by Crippen LogP contribution is 2.14. The van der Waals surface area contributed by atoms with Crippen LogP contribution >= 0.6 is 0 Å². The number of rotatable bonds is 6. The summed E-state index contributed by atoms with van der Waals surface area (Å²) in [5.41, 5.74) is 8.18. The van der Waals surface area contributed by atoms with Gasteiger partial charge in [0.1, 0.15) is 12.4 Å². The van der Waals surface area contributed by atoms with Crippen molar-refractivity contribution < 1.29 is 4.74 Å². The third kappa shape index (κ3) is 4.49. The lowest BCUT2D eigenvalue weighted by Gasteiger charge is -2.10. The fourth-order valence-electron chi connectivity index (χ4n) is 1.38. The highest BCUT2D eigenvalue weighted by Gasteiger charge is 2.01. The monoisotopic (exact) mass is 219 g/mol. The summed E-state index contributed by atoms with van der Waals surface area (Å²) < 4.78 is 5.52. The Morgan fingerprint density at radius 2 is 2.00 bits per heavy atom. The highest BCUT2D eigenvalue weighted by molar-refractivity contribution is 5.28. The first kappa shape index (κ1) is 12.8. The van der Waals surface area contributed by atoms with Gasteiger partial charge in [-0.1, -0.05) is 25.6 Å². The first-order valence-electron chi connectivity index (χ1n) is 5.73. The van der Waals surface area contributed by atoms with Gasteiger partial charge in [-0.25, -0.2) is 0 Å². The Morgan fingerprint density at radius 1 is 1.38 bits per heavy atom. The van der Waals surface area contributed by atoms with Crippen molar-refractivity contribution in [3.63, 3.8) is 0 Å². The molecule has 0 aromatic heterocycles. The van der Waals surface area contributed by atoms with E-state index in [1.54, 1.807) is 0 Å². The van der Waals surface area contributed by atoms with E-state index in [1.165, 1.54) is 5.56 Å². The highest BCUT2D eigenvalue weighted by atomic mass is 16.5. The van der Waals surface area contributed by atoms with Crippen LogP contribution in [-0.2, 0) is 6.42 Å². The van der Waals surface area contributed by atoms with Crippen LogP contribution in [0, 0.1) is 0 Å². The van der Waals surface area contributed by atoms with Gasteiger partial charge < -0.3 is 10.5 Å². The predicted molar refractivity (Wildman–Crippen MR) is 68.7 cm³/mol. The second-order valence-corrected chi connectivity index (χ2v) is 4.26. The fourth-order valence-corrected chi connectivity index (χ4v) is 1.38. The molecule has 0 aliphatic carbocycles. The maximum absolute atomic E-state index is 5.90. The van der Waals surface area contributed by atoms with Gasteiger partial charge in [0.25, 0.3) is 0 Å². The van der Waals surface area contributed by atoms with E-state index in [0.717, 1.165) is 24.2 Å². The van der Waals surface area contributed by atoms with Crippen molar-refractivity contribution in [2.24, 2.45) is 5.73 Å². The smallest absolute Gasteiger partial charge is 0.119 e. The average Bonchev–Trinajstić information content (AvgIpc) is 2.28. The van der Waals surface area contributed by atoms with Crippen molar-refractivity contribution >= 4 is 0 Å². The Bertz CT molecular complexity index is 329. The predicted octanol–water partition coefficient (Wildman–Crippen LogP) is 2.92. The van der Waals surface area contributed by atoms with Crippen LogP contribution < -0.4 is 10.5 Å². The first-order valence-corrected chi connectivity index (χ1v) is 5.73. The van der Waals surface area contributed by atoms with Crippen LogP contribution in [0.15, 0.2) is 36.4 Å². The van der Waals surface area contributed by atoms with E-state index in [2.05, 4.69) is 25.6 Å². The number of nitrogens with two attached hydrogens (primary N) is 1. The summed E-state index contributed by atoms with van der Waals surface area (Å²) in [7, 11) is 0. The van der Waals surface area contributed by atoms with E-state index >= 15 is 0 Å². The zero-order valence-electron chi connectivity index (χ0n) is 10.2. The Kier molecular flexibility index (Phi) is 5.06.